The van der Waals surface area contributed by atoms with Gasteiger partial charge in [0.2, 0.25) is 11.8 Å². The highest BCUT2D eigenvalue weighted by molar-refractivity contribution is 5.97. The van der Waals surface area contributed by atoms with Crippen molar-refractivity contribution in [1.82, 2.24) is 0 Å². The molecule has 0 saturated heterocycles. The van der Waals surface area contributed by atoms with Gasteiger partial charge in [-0.25, -0.2) is 0 Å². The van der Waals surface area contributed by atoms with Gasteiger partial charge in [-0.1, -0.05) is 332 Å². The first-order chi connectivity index (χ1) is 55.1. The van der Waals surface area contributed by atoms with Crippen LogP contribution >= 0.6 is 0 Å². The highest BCUT2D eigenvalue weighted by Gasteiger charge is 2.42. The van der Waals surface area contributed by atoms with Gasteiger partial charge in [-0.2, -0.15) is 0 Å². The summed E-state index contributed by atoms with van der Waals surface area (Å²) < 4.78 is 0. The molecule has 1 fully saturated rings. The van der Waals surface area contributed by atoms with Gasteiger partial charge < -0.3 is 30.6 Å². The van der Waals surface area contributed by atoms with Crippen molar-refractivity contribution in [3.8, 4) is 89.0 Å². The molecule has 8 nitrogen and oxygen atoms in total. The van der Waals surface area contributed by atoms with E-state index >= 15 is 10.2 Å². The quantitative estimate of drug-likeness (QED) is 0.0505. The van der Waals surface area contributed by atoms with Gasteiger partial charge in [-0.05, 0) is 210 Å². The number of carbonyl (C=O) groups is 2. The van der Waals surface area contributed by atoms with Crippen LogP contribution in [0.5, 0.6) is 0 Å². The Kier molecular flexibility index (Phi) is 23.5. The highest BCUT2D eigenvalue weighted by atomic mass is 16.3. The van der Waals surface area contributed by atoms with Crippen molar-refractivity contribution >= 4 is 57.3 Å². The minimum atomic E-state index is -1.46. The summed E-state index contributed by atoms with van der Waals surface area (Å²) in [5.74, 6) is -3.03. The number of benzene rings is 14. The molecule has 2 atom stereocenters. The van der Waals surface area contributed by atoms with Gasteiger partial charge in [-0.15, -0.1) is 12.2 Å². The molecule has 2 unspecified atom stereocenters. The molecule has 2 amide bonds. The van der Waals surface area contributed by atoms with Crippen LogP contribution in [-0.4, -0.2) is 24.0 Å². The Balaban J connectivity index is 0.826. The van der Waals surface area contributed by atoms with Crippen molar-refractivity contribution in [3.05, 3.63) is 363 Å². The zero-order valence-electron chi connectivity index (χ0n) is 64.1. The molecular weight excluding hydrogens is 1370 g/mol. The largest absolute Gasteiger partial charge is 0.851 e. The maximum absolute atomic E-state index is 15.9. The van der Waals surface area contributed by atoms with Gasteiger partial charge in [0.1, 0.15) is 0 Å². The topological polar surface area (TPSA) is 111 Å². The molecule has 1 aliphatic rings. The molecule has 2 N–H and O–H groups in total. The van der Waals surface area contributed by atoms with E-state index < -0.39 is 24.0 Å². The Morgan fingerprint density at radius 2 is 0.500 bits per heavy atom. The lowest BCUT2D eigenvalue weighted by Gasteiger charge is -2.62. The molecule has 0 bridgehead atoms. The van der Waals surface area contributed by atoms with Crippen molar-refractivity contribution in [1.29, 1.82) is 0 Å². The summed E-state index contributed by atoms with van der Waals surface area (Å²) in [6.45, 7) is 8.35. The van der Waals surface area contributed by atoms with Gasteiger partial charge in [0, 0.05) is 57.3 Å². The Morgan fingerprint density at radius 3 is 0.723 bits per heavy atom. The second-order valence-corrected chi connectivity index (χ2v) is 29.5. The first-order valence-electron chi connectivity index (χ1n) is 39.9. The van der Waals surface area contributed by atoms with Crippen molar-refractivity contribution in [2.45, 2.75) is 103 Å². The van der Waals surface area contributed by atoms with Crippen molar-refractivity contribution < 1.29 is 19.8 Å². The van der Waals surface area contributed by atoms with E-state index in [2.05, 4.69) is 325 Å². The maximum Gasteiger partial charge on any atom is 0.227 e. The molecule has 0 heterocycles. The van der Waals surface area contributed by atoms with Gasteiger partial charge >= 0.3 is 0 Å². The third-order valence-electron chi connectivity index (χ3n) is 22.6. The van der Waals surface area contributed by atoms with Crippen molar-refractivity contribution in [3.63, 3.8) is 0 Å². The monoisotopic (exact) mass is 1460 g/mol. The fourth-order valence-corrected chi connectivity index (χ4v) is 16.4. The molecule has 0 radical (unpaired) electrons. The molecule has 556 valence electrons. The minimum Gasteiger partial charge on any atom is -0.851 e. The Bertz CT molecular complexity index is 4900. The maximum atomic E-state index is 15.9. The lowest BCUT2D eigenvalue weighted by Crippen LogP contribution is -2.63. The van der Waals surface area contributed by atoms with Crippen LogP contribution in [-0.2, 0) is 9.59 Å². The summed E-state index contributed by atoms with van der Waals surface area (Å²) in [4.78, 5) is 34.3. The van der Waals surface area contributed by atoms with Crippen molar-refractivity contribution in [2.75, 3.05) is 20.4 Å². The van der Waals surface area contributed by atoms with E-state index in [1.54, 1.807) is 0 Å². The average Bonchev–Trinajstić information content (AvgIpc) is 0.728. The lowest BCUT2D eigenvalue weighted by atomic mass is 9.62. The number of unbranched alkanes of at least 4 members (excludes halogenated alkanes) is 2. The fraction of sp³-hybridized carbons (Fsp3) is 0.173. The van der Waals surface area contributed by atoms with Crippen LogP contribution in [0.25, 0.3) is 89.0 Å². The van der Waals surface area contributed by atoms with E-state index in [1.807, 2.05) is 74.5 Å². The van der Waals surface area contributed by atoms with Crippen LogP contribution in [0.15, 0.2) is 352 Å². The van der Waals surface area contributed by atoms with Gasteiger partial charge in [0.15, 0.2) is 0 Å². The normalized spacial score (nSPS) is 15.0. The molecule has 14 aromatic carbocycles. The molecule has 1 saturated carbocycles. The predicted molar refractivity (Wildman–Crippen MR) is 463 cm³/mol. The Labute approximate surface area is 660 Å². The summed E-state index contributed by atoms with van der Waals surface area (Å²) in [6, 6.07) is 122. The molecule has 15 rings (SSSR count). The van der Waals surface area contributed by atoms with Crippen LogP contribution in [0.4, 0.5) is 45.5 Å². The van der Waals surface area contributed by atoms with E-state index in [-0.39, 0.29) is 23.7 Å². The first kappa shape index (κ1) is 75.0. The van der Waals surface area contributed by atoms with E-state index in [9.17, 15) is 9.59 Å². The molecule has 0 spiro atoms. The average molecular weight is 1460 g/mol. The van der Waals surface area contributed by atoms with Crippen LogP contribution in [0, 0.1) is 11.8 Å². The second kappa shape index (κ2) is 35.1. The fourth-order valence-electron chi connectivity index (χ4n) is 16.4. The lowest BCUT2D eigenvalue weighted by molar-refractivity contribution is -0.535. The number of nitrogens with zero attached hydrogens (tertiary/aromatic N) is 2. The SMILES string of the molecule is CCCCC(CC)C(=O)Nc1cc(N(c2ccc(-c3ccccc3-c3ccccc3)cc2)c2ccc(-c3ccccc3-c3ccccc3)cc2)ccc1C1C([O-])C(c2ccc(N(c3ccc(-c4ccccc4-c4ccccc4)cc3)c3ccc(-c4ccccc4-c4ccccc4)cc3)cc2NC(=O)C(CC)CCCC)C1[O-]. The number of anilines is 8. The standard InChI is InChI=1S/C104H94N4O4/c1-5-9-31-71(7-3)103(111)105-97-69-85(107(81-57-49-77(50-58-81)91-45-27-23-41-87(91)73-33-15-11-16-34-73)82-59-51-78(52-60-82)92-46-28-24-42-88(92)74-35-17-12-18-36-74)65-67-95(97)99-101(109)100(102(99)110)96-68-66-86(70-98(96)106-104(112)72(8-4)32-10-6-2)108(83-61-53-79(54-62-83)93-47-29-25-43-89(93)75-37-19-13-20-38-75)84-63-55-80(56-64-84)94-48-30-26-44-90(94)76-39-21-14-22-40-76/h11-30,33-72,99-102H,5-10,31-32H2,1-4H3,(H,105,111)(H,106,112)/q-2. The van der Waals surface area contributed by atoms with Crippen LogP contribution < -0.4 is 30.6 Å². The zero-order chi connectivity index (χ0) is 76.9. The van der Waals surface area contributed by atoms with E-state index in [1.165, 1.54) is 0 Å². The Hall–Kier alpha value is -12.5. The van der Waals surface area contributed by atoms with Crippen molar-refractivity contribution in [2.24, 2.45) is 11.8 Å². The summed E-state index contributed by atoms with van der Waals surface area (Å²) in [6.07, 6.45) is 3.32. The summed E-state index contributed by atoms with van der Waals surface area (Å²) in [7, 11) is 0. The van der Waals surface area contributed by atoms with Crippen LogP contribution in [0.3, 0.4) is 0 Å². The molecule has 1 aliphatic carbocycles. The third-order valence-corrected chi connectivity index (χ3v) is 22.6. The van der Waals surface area contributed by atoms with Crippen LogP contribution in [0.1, 0.15) is 102 Å². The molecular formula is C104H94N4O4-2. The number of amides is 2. The van der Waals surface area contributed by atoms with Gasteiger partial charge in [0.25, 0.3) is 0 Å². The van der Waals surface area contributed by atoms with Crippen LogP contribution in [0.2, 0.25) is 0 Å². The van der Waals surface area contributed by atoms with Gasteiger partial charge in [0.05, 0.1) is 0 Å². The number of rotatable bonds is 28. The number of hydrogen-bond donors (Lipinski definition) is 2. The minimum absolute atomic E-state index is 0.151. The summed E-state index contributed by atoms with van der Waals surface area (Å²) in [5, 5.41) is 38.6. The Morgan fingerprint density at radius 1 is 0.286 bits per heavy atom. The highest BCUT2D eigenvalue weighted by Crippen LogP contribution is 2.52. The number of hydrogen-bond acceptors (Lipinski definition) is 6. The van der Waals surface area contributed by atoms with E-state index in [0.717, 1.165) is 149 Å². The molecule has 0 aromatic heterocycles. The smallest absolute Gasteiger partial charge is 0.227 e. The van der Waals surface area contributed by atoms with Gasteiger partial charge in [-0.3, -0.25) is 9.59 Å². The third kappa shape index (κ3) is 16.1. The first-order valence-corrected chi connectivity index (χ1v) is 39.9. The second-order valence-electron chi connectivity index (χ2n) is 29.5. The number of carbonyl (C=O) groups excluding carboxylic acids is 2. The molecule has 0 aliphatic heterocycles. The van der Waals surface area contributed by atoms with E-state index in [4.69, 9.17) is 0 Å². The zero-order valence-corrected chi connectivity index (χ0v) is 64.1. The van der Waals surface area contributed by atoms with E-state index in [0.29, 0.717) is 48.2 Å². The predicted octanol–water partition coefficient (Wildman–Crippen LogP) is 25.6. The summed E-state index contributed by atoms with van der Waals surface area (Å²) in [5.41, 5.74) is 24.4. The summed E-state index contributed by atoms with van der Waals surface area (Å²) >= 11 is 0. The molecule has 14 aromatic rings. The molecule has 112 heavy (non-hydrogen) atoms. The molecule has 8 heteroatoms. The number of nitrogens with one attached hydrogen (secondary N) is 2.